The fourth-order valence-corrected chi connectivity index (χ4v) is 8.32. The molecule has 0 spiro atoms. The van der Waals surface area contributed by atoms with Gasteiger partial charge < -0.3 is 14.7 Å². The maximum absolute atomic E-state index is 16.7. The summed E-state index contributed by atoms with van der Waals surface area (Å²) < 4.78 is 37.4. The Morgan fingerprint density at radius 3 is 2.77 bits per heavy atom. The summed E-state index contributed by atoms with van der Waals surface area (Å²) in [5, 5.41) is 11.4. The van der Waals surface area contributed by atoms with E-state index in [2.05, 4.69) is 19.8 Å². The van der Waals surface area contributed by atoms with Gasteiger partial charge in [-0.2, -0.15) is 9.97 Å². The summed E-state index contributed by atoms with van der Waals surface area (Å²) >= 11 is 6.62. The van der Waals surface area contributed by atoms with Crippen LogP contribution in [0, 0.1) is 11.7 Å². The molecule has 5 aliphatic heterocycles. The van der Waals surface area contributed by atoms with Crippen LogP contribution in [0.15, 0.2) is 18.3 Å². The van der Waals surface area contributed by atoms with E-state index in [1.807, 2.05) is 0 Å². The Hall–Kier alpha value is -2.78. The number of aromatic hydroxyl groups is 1. The lowest BCUT2D eigenvalue weighted by Gasteiger charge is -2.34. The Balaban J connectivity index is 1.34. The zero-order chi connectivity index (χ0) is 29.6. The minimum atomic E-state index is -0.868. The first-order chi connectivity index (χ1) is 20.9. The molecule has 7 nitrogen and oxygen atoms in total. The summed E-state index contributed by atoms with van der Waals surface area (Å²) in [7, 11) is 0. The van der Waals surface area contributed by atoms with Crippen LogP contribution in [-0.2, 0) is 6.42 Å². The van der Waals surface area contributed by atoms with Gasteiger partial charge in [-0.3, -0.25) is 9.88 Å². The van der Waals surface area contributed by atoms with Gasteiger partial charge in [0.1, 0.15) is 35.6 Å². The van der Waals surface area contributed by atoms with Gasteiger partial charge in [0, 0.05) is 42.8 Å². The molecule has 0 saturated carbocycles. The number of halogens is 3. The van der Waals surface area contributed by atoms with Crippen LogP contribution in [0.2, 0.25) is 5.02 Å². The van der Waals surface area contributed by atoms with Crippen LogP contribution < -0.4 is 9.64 Å². The molecule has 230 valence electrons. The standard InChI is InChI=1S/C33H40ClF2N5O2/c34-27-15-23(42)14-25-24(27)10-5-3-1-2-4-8-21-9-6-12-40(18-21)31-26-17-37-29(25)28(36)30(26)38-32(39-31)43-20-33-11-7-13-41(33)19-22(35)16-33/h14-15,17,21-22,42H,1-13,16,18-20H2. The van der Waals surface area contributed by atoms with Gasteiger partial charge in [0.2, 0.25) is 0 Å². The van der Waals surface area contributed by atoms with E-state index in [1.54, 1.807) is 12.3 Å². The second kappa shape index (κ2) is 12.0. The molecule has 6 bridgehead atoms. The van der Waals surface area contributed by atoms with Crippen molar-refractivity contribution >= 4 is 28.3 Å². The van der Waals surface area contributed by atoms with Gasteiger partial charge in [-0.1, -0.05) is 37.3 Å². The molecule has 5 aliphatic rings. The third kappa shape index (κ3) is 5.63. The third-order valence-electron chi connectivity index (χ3n) is 10.2. The summed E-state index contributed by atoms with van der Waals surface area (Å²) in [6.45, 7) is 3.23. The van der Waals surface area contributed by atoms with Crippen molar-refractivity contribution in [2.45, 2.75) is 88.8 Å². The van der Waals surface area contributed by atoms with Crippen LogP contribution in [-0.4, -0.2) is 69.5 Å². The van der Waals surface area contributed by atoms with Crippen LogP contribution >= 0.6 is 11.6 Å². The van der Waals surface area contributed by atoms with Crippen LogP contribution in [0.5, 0.6) is 11.8 Å². The van der Waals surface area contributed by atoms with Crippen LogP contribution in [0.25, 0.3) is 22.2 Å². The molecule has 1 aromatic carbocycles. The van der Waals surface area contributed by atoms with Crippen molar-refractivity contribution in [2.24, 2.45) is 5.92 Å². The van der Waals surface area contributed by atoms with E-state index in [9.17, 15) is 9.50 Å². The van der Waals surface area contributed by atoms with Crippen LogP contribution in [0.1, 0.15) is 76.2 Å². The highest BCUT2D eigenvalue weighted by Gasteiger charge is 2.49. The SMILES string of the molecule is Oc1cc(Cl)c2c(c1)-c1ncc3c(nc(OCC45CCCN4CC(F)C5)nc3c1F)N1CCCC(CCCCCCC2)C1. The summed E-state index contributed by atoms with van der Waals surface area (Å²) in [6, 6.07) is 3.16. The number of aromatic nitrogens is 3. The number of piperidine rings is 1. The van der Waals surface area contributed by atoms with E-state index >= 15 is 4.39 Å². The third-order valence-corrected chi connectivity index (χ3v) is 10.5. The first kappa shape index (κ1) is 29.0. The molecule has 0 amide bonds. The largest absolute Gasteiger partial charge is 0.508 e. The fourth-order valence-electron chi connectivity index (χ4n) is 8.01. The van der Waals surface area contributed by atoms with Gasteiger partial charge in [-0.05, 0) is 75.1 Å². The van der Waals surface area contributed by atoms with E-state index in [0.717, 1.165) is 70.1 Å². The topological polar surface area (TPSA) is 74.6 Å². The summed E-state index contributed by atoms with van der Waals surface area (Å²) in [4.78, 5) is 18.5. The van der Waals surface area contributed by atoms with E-state index in [0.29, 0.717) is 47.1 Å². The van der Waals surface area contributed by atoms with Gasteiger partial charge >= 0.3 is 6.01 Å². The summed E-state index contributed by atoms with van der Waals surface area (Å²) in [5.74, 6) is 0.562. The molecule has 10 heteroatoms. The molecular formula is C33H40ClF2N5O2. The number of hydrogen-bond acceptors (Lipinski definition) is 7. The number of rotatable bonds is 3. The Morgan fingerprint density at radius 1 is 1.02 bits per heavy atom. The van der Waals surface area contributed by atoms with Crippen LogP contribution in [0.4, 0.5) is 14.6 Å². The maximum Gasteiger partial charge on any atom is 0.319 e. The van der Waals surface area contributed by atoms with Crippen molar-refractivity contribution in [1.29, 1.82) is 0 Å². The van der Waals surface area contributed by atoms with Crippen molar-refractivity contribution < 1.29 is 18.6 Å². The van der Waals surface area contributed by atoms with Gasteiger partial charge in [0.05, 0.1) is 10.9 Å². The van der Waals surface area contributed by atoms with Gasteiger partial charge in [-0.15, -0.1) is 0 Å². The number of phenols is 1. The molecule has 3 saturated heterocycles. The molecule has 43 heavy (non-hydrogen) atoms. The number of fused-ring (bicyclic) bond motifs is 8. The Kier molecular flexibility index (Phi) is 8.05. The normalized spacial score (nSPS) is 26.5. The van der Waals surface area contributed by atoms with Crippen molar-refractivity contribution in [2.75, 3.05) is 37.7 Å². The molecule has 0 radical (unpaired) electrons. The predicted molar refractivity (Wildman–Crippen MR) is 164 cm³/mol. The first-order valence-corrected chi connectivity index (χ1v) is 16.4. The van der Waals surface area contributed by atoms with E-state index in [4.69, 9.17) is 21.3 Å². The molecule has 3 unspecified atom stereocenters. The molecular weight excluding hydrogens is 572 g/mol. The van der Waals surface area contributed by atoms with Crippen molar-refractivity contribution in [1.82, 2.24) is 19.9 Å². The van der Waals surface area contributed by atoms with Crippen molar-refractivity contribution in [3.8, 4) is 23.0 Å². The smallest absolute Gasteiger partial charge is 0.319 e. The Morgan fingerprint density at radius 2 is 1.86 bits per heavy atom. The number of anilines is 1. The number of benzene rings is 1. The highest BCUT2D eigenvalue weighted by molar-refractivity contribution is 6.32. The summed E-state index contributed by atoms with van der Waals surface area (Å²) in [6.07, 6.45) is 12.7. The lowest BCUT2D eigenvalue weighted by molar-refractivity contribution is 0.107. The van der Waals surface area contributed by atoms with E-state index in [1.165, 1.54) is 25.3 Å². The molecule has 1 N–H and O–H groups in total. The lowest BCUT2D eigenvalue weighted by atomic mass is 9.92. The number of ether oxygens (including phenoxy) is 1. The number of hydrogen-bond donors (Lipinski definition) is 1. The second-order valence-electron chi connectivity index (χ2n) is 13.1. The lowest BCUT2D eigenvalue weighted by Crippen LogP contribution is -2.43. The summed E-state index contributed by atoms with van der Waals surface area (Å²) in [5.41, 5.74) is 1.14. The minimum Gasteiger partial charge on any atom is -0.508 e. The van der Waals surface area contributed by atoms with E-state index < -0.39 is 12.0 Å². The molecule has 3 atom stereocenters. The minimum absolute atomic E-state index is 0.0363. The Labute approximate surface area is 256 Å². The van der Waals surface area contributed by atoms with Gasteiger partial charge in [-0.25, -0.2) is 8.78 Å². The van der Waals surface area contributed by atoms with Gasteiger partial charge in [0.25, 0.3) is 0 Å². The number of alkyl halides is 1. The fraction of sp³-hybridized carbons (Fsp3) is 0.606. The molecule has 8 rings (SSSR count). The number of pyridine rings is 1. The second-order valence-corrected chi connectivity index (χ2v) is 13.5. The molecule has 0 aliphatic carbocycles. The monoisotopic (exact) mass is 611 g/mol. The van der Waals surface area contributed by atoms with Crippen molar-refractivity contribution in [3.05, 3.63) is 34.7 Å². The number of nitrogens with zero attached hydrogens (tertiary/aromatic N) is 5. The molecule has 7 heterocycles. The zero-order valence-electron chi connectivity index (χ0n) is 24.6. The highest BCUT2D eigenvalue weighted by atomic mass is 35.5. The Bertz CT molecular complexity index is 1510. The average Bonchev–Trinajstić information content (AvgIpc) is 3.52. The molecule has 3 fully saturated rings. The average molecular weight is 612 g/mol. The van der Waals surface area contributed by atoms with Gasteiger partial charge in [0.15, 0.2) is 5.82 Å². The first-order valence-electron chi connectivity index (χ1n) is 16.0. The van der Waals surface area contributed by atoms with E-state index in [-0.39, 0.29) is 35.1 Å². The molecule has 2 aromatic heterocycles. The highest BCUT2D eigenvalue weighted by Crippen LogP contribution is 2.42. The maximum atomic E-state index is 16.7. The quantitative estimate of drug-likeness (QED) is 0.334. The molecule has 3 aromatic rings. The zero-order valence-corrected chi connectivity index (χ0v) is 25.4. The predicted octanol–water partition coefficient (Wildman–Crippen LogP) is 7.26. The number of phenolic OH excluding ortho intramolecular Hbond substituents is 1. The van der Waals surface area contributed by atoms with Crippen LogP contribution in [0.3, 0.4) is 0 Å². The van der Waals surface area contributed by atoms with Crippen molar-refractivity contribution in [3.63, 3.8) is 0 Å².